The Morgan fingerprint density at radius 1 is 1.28 bits per heavy atom. The molecule has 1 unspecified atom stereocenters. The van der Waals surface area contributed by atoms with E-state index in [2.05, 4.69) is 16.9 Å². The van der Waals surface area contributed by atoms with Gasteiger partial charge in [0.1, 0.15) is 6.10 Å². The quantitative estimate of drug-likeness (QED) is 0.921. The summed E-state index contributed by atoms with van der Waals surface area (Å²) in [6.07, 6.45) is 4.11. The van der Waals surface area contributed by atoms with Crippen molar-refractivity contribution in [3.63, 3.8) is 0 Å². The number of hydrogen-bond donors (Lipinski definition) is 1. The molecule has 1 atom stereocenters. The van der Waals surface area contributed by atoms with Crippen LogP contribution in [0.25, 0.3) is 0 Å². The van der Waals surface area contributed by atoms with Crippen LogP contribution < -0.4 is 0 Å². The molecule has 0 radical (unpaired) electrons. The summed E-state index contributed by atoms with van der Waals surface area (Å²) in [6.45, 7) is 2.08. The summed E-state index contributed by atoms with van der Waals surface area (Å²) in [5, 5.41) is 10.6. The van der Waals surface area contributed by atoms with Gasteiger partial charge in [0.25, 0.3) is 0 Å². The minimum atomic E-state index is -0.723. The summed E-state index contributed by atoms with van der Waals surface area (Å²) in [5.74, 6) is 0. The molecule has 4 heteroatoms. The summed E-state index contributed by atoms with van der Waals surface area (Å²) in [6, 6.07) is 7.42. The van der Waals surface area contributed by atoms with Gasteiger partial charge in [-0.3, -0.25) is 9.97 Å². The van der Waals surface area contributed by atoms with Crippen molar-refractivity contribution in [1.82, 2.24) is 9.97 Å². The van der Waals surface area contributed by atoms with Gasteiger partial charge in [-0.2, -0.15) is 0 Å². The van der Waals surface area contributed by atoms with Gasteiger partial charge in [0, 0.05) is 24.5 Å². The maximum atomic E-state index is 10.1. The molecule has 2 aromatic heterocycles. The fraction of sp³-hybridized carbons (Fsp3) is 0.286. The van der Waals surface area contributed by atoms with Crippen molar-refractivity contribution in [2.24, 2.45) is 0 Å². The standard InChI is InChI=1S/C14H15ClN2O/c1-2-10-5-6-11(17-9-10)8-13(18)14-12(15)4-3-7-16-14/h3-7,9,13,18H,2,8H2,1H3. The van der Waals surface area contributed by atoms with Crippen molar-refractivity contribution in [3.05, 3.63) is 58.6 Å². The number of nitrogens with zero attached hydrogens (tertiary/aromatic N) is 2. The molecule has 0 aliphatic carbocycles. The minimum absolute atomic E-state index is 0.417. The van der Waals surface area contributed by atoms with Gasteiger partial charge in [-0.15, -0.1) is 0 Å². The van der Waals surface area contributed by atoms with Crippen LogP contribution in [0.4, 0.5) is 0 Å². The molecule has 0 saturated heterocycles. The summed E-state index contributed by atoms with van der Waals surface area (Å²) in [7, 11) is 0. The monoisotopic (exact) mass is 262 g/mol. The van der Waals surface area contributed by atoms with E-state index in [4.69, 9.17) is 11.6 Å². The molecular weight excluding hydrogens is 248 g/mol. The van der Waals surface area contributed by atoms with Gasteiger partial charge in [0.2, 0.25) is 0 Å². The molecule has 94 valence electrons. The number of aliphatic hydroxyl groups excluding tert-OH is 1. The molecule has 0 saturated carbocycles. The van der Waals surface area contributed by atoms with Crippen molar-refractivity contribution in [2.45, 2.75) is 25.9 Å². The van der Waals surface area contributed by atoms with E-state index in [1.165, 1.54) is 5.56 Å². The van der Waals surface area contributed by atoms with E-state index in [0.29, 0.717) is 17.1 Å². The Bertz CT molecular complexity index is 513. The zero-order valence-electron chi connectivity index (χ0n) is 10.2. The van der Waals surface area contributed by atoms with Crippen LogP contribution in [0.5, 0.6) is 0 Å². The molecule has 1 N–H and O–H groups in total. The molecular formula is C14H15ClN2O. The first-order chi connectivity index (χ1) is 8.70. The first-order valence-corrected chi connectivity index (χ1v) is 6.30. The number of rotatable bonds is 4. The third kappa shape index (κ3) is 3.06. The van der Waals surface area contributed by atoms with E-state index in [1.807, 2.05) is 18.3 Å². The van der Waals surface area contributed by atoms with E-state index >= 15 is 0 Å². The van der Waals surface area contributed by atoms with Crippen molar-refractivity contribution < 1.29 is 5.11 Å². The Morgan fingerprint density at radius 3 is 2.72 bits per heavy atom. The van der Waals surface area contributed by atoms with Gasteiger partial charge < -0.3 is 5.11 Å². The lowest BCUT2D eigenvalue weighted by molar-refractivity contribution is 0.172. The molecule has 0 spiro atoms. The maximum absolute atomic E-state index is 10.1. The molecule has 3 nitrogen and oxygen atoms in total. The number of hydrogen-bond acceptors (Lipinski definition) is 3. The molecule has 2 aromatic rings. The van der Waals surface area contributed by atoms with Crippen molar-refractivity contribution in [3.8, 4) is 0 Å². The lowest BCUT2D eigenvalue weighted by Gasteiger charge is -2.11. The van der Waals surface area contributed by atoms with E-state index in [9.17, 15) is 5.11 Å². The van der Waals surface area contributed by atoms with Crippen LogP contribution in [0.2, 0.25) is 5.02 Å². The Balaban J connectivity index is 2.11. The second-order valence-corrected chi connectivity index (χ2v) is 4.51. The average molecular weight is 263 g/mol. The van der Waals surface area contributed by atoms with Crippen molar-refractivity contribution in [1.29, 1.82) is 0 Å². The van der Waals surface area contributed by atoms with Crippen LogP contribution >= 0.6 is 11.6 Å². The molecule has 2 rings (SSSR count). The predicted octanol–water partition coefficient (Wildman–Crippen LogP) is 2.97. The Morgan fingerprint density at radius 2 is 2.11 bits per heavy atom. The molecule has 0 bridgehead atoms. The maximum Gasteiger partial charge on any atom is 0.103 e. The minimum Gasteiger partial charge on any atom is -0.386 e. The number of aromatic nitrogens is 2. The van der Waals surface area contributed by atoms with E-state index in [1.54, 1.807) is 18.3 Å². The topological polar surface area (TPSA) is 46.0 Å². The lowest BCUT2D eigenvalue weighted by atomic mass is 10.1. The van der Waals surface area contributed by atoms with Crippen LogP contribution in [0.15, 0.2) is 36.7 Å². The summed E-state index contributed by atoms with van der Waals surface area (Å²) in [5.41, 5.74) is 2.52. The Labute approximate surface area is 111 Å². The van der Waals surface area contributed by atoms with Crippen LogP contribution in [0.1, 0.15) is 30.0 Å². The molecule has 2 heterocycles. The zero-order valence-corrected chi connectivity index (χ0v) is 10.9. The van der Waals surface area contributed by atoms with E-state index in [0.717, 1.165) is 12.1 Å². The Hall–Kier alpha value is -1.45. The smallest absolute Gasteiger partial charge is 0.103 e. The van der Waals surface area contributed by atoms with Gasteiger partial charge in [-0.1, -0.05) is 24.6 Å². The lowest BCUT2D eigenvalue weighted by Crippen LogP contribution is -2.06. The third-order valence-electron chi connectivity index (χ3n) is 2.80. The molecule has 18 heavy (non-hydrogen) atoms. The fourth-order valence-corrected chi connectivity index (χ4v) is 1.97. The predicted molar refractivity (Wildman–Crippen MR) is 71.5 cm³/mol. The molecule has 0 amide bonds. The number of pyridine rings is 2. The Kier molecular flexibility index (Phi) is 4.28. The first kappa shape index (κ1) is 13.0. The van der Waals surface area contributed by atoms with E-state index < -0.39 is 6.10 Å². The van der Waals surface area contributed by atoms with Crippen molar-refractivity contribution in [2.75, 3.05) is 0 Å². The van der Waals surface area contributed by atoms with Gasteiger partial charge >= 0.3 is 0 Å². The van der Waals surface area contributed by atoms with Gasteiger partial charge in [-0.05, 0) is 30.2 Å². The largest absolute Gasteiger partial charge is 0.386 e. The highest BCUT2D eigenvalue weighted by Crippen LogP contribution is 2.22. The summed E-state index contributed by atoms with van der Waals surface area (Å²) in [4.78, 5) is 8.41. The van der Waals surface area contributed by atoms with Crippen LogP contribution in [-0.2, 0) is 12.8 Å². The third-order valence-corrected chi connectivity index (χ3v) is 3.12. The van der Waals surface area contributed by atoms with Crippen LogP contribution in [0.3, 0.4) is 0 Å². The molecule has 0 aromatic carbocycles. The highest BCUT2D eigenvalue weighted by Gasteiger charge is 2.14. The van der Waals surface area contributed by atoms with Gasteiger partial charge in [-0.25, -0.2) is 0 Å². The second-order valence-electron chi connectivity index (χ2n) is 4.10. The number of halogens is 1. The van der Waals surface area contributed by atoms with Gasteiger partial charge in [0.05, 0.1) is 10.7 Å². The first-order valence-electron chi connectivity index (χ1n) is 5.93. The normalized spacial score (nSPS) is 12.4. The highest BCUT2D eigenvalue weighted by molar-refractivity contribution is 6.31. The molecule has 0 fully saturated rings. The van der Waals surface area contributed by atoms with Crippen LogP contribution in [0, 0.1) is 0 Å². The SMILES string of the molecule is CCc1ccc(CC(O)c2ncccc2Cl)nc1. The van der Waals surface area contributed by atoms with Crippen LogP contribution in [-0.4, -0.2) is 15.1 Å². The van der Waals surface area contributed by atoms with Crippen molar-refractivity contribution >= 4 is 11.6 Å². The van der Waals surface area contributed by atoms with Gasteiger partial charge in [0.15, 0.2) is 0 Å². The average Bonchev–Trinajstić information content (AvgIpc) is 2.40. The number of aryl methyl sites for hydroxylation is 1. The number of aliphatic hydroxyl groups is 1. The molecule has 0 aliphatic heterocycles. The summed E-state index contributed by atoms with van der Waals surface area (Å²) < 4.78 is 0. The summed E-state index contributed by atoms with van der Waals surface area (Å²) >= 11 is 5.99. The van der Waals surface area contributed by atoms with E-state index in [-0.39, 0.29) is 0 Å². The fourth-order valence-electron chi connectivity index (χ4n) is 1.72. The highest BCUT2D eigenvalue weighted by atomic mass is 35.5. The molecule has 0 aliphatic rings. The second kappa shape index (κ2) is 5.94. The zero-order chi connectivity index (χ0) is 13.0.